The van der Waals surface area contributed by atoms with Gasteiger partial charge in [0.1, 0.15) is 0 Å². The van der Waals surface area contributed by atoms with Crippen LogP contribution >= 0.6 is 0 Å². The number of amides is 1. The second kappa shape index (κ2) is 10.7. The zero-order chi connectivity index (χ0) is 23.0. The van der Waals surface area contributed by atoms with Crippen LogP contribution in [-0.2, 0) is 15.6 Å². The van der Waals surface area contributed by atoms with Crippen LogP contribution in [0.5, 0.6) is 0 Å². The van der Waals surface area contributed by atoms with E-state index in [4.69, 9.17) is 10.2 Å². The maximum Gasteiger partial charge on any atom is 0.261 e. The van der Waals surface area contributed by atoms with E-state index < -0.39 is 14.4 Å². The van der Waals surface area contributed by atoms with Crippen molar-refractivity contribution in [2.45, 2.75) is 38.3 Å². The summed E-state index contributed by atoms with van der Waals surface area (Å²) in [5.74, 6) is -0.153. The molecule has 4 nitrogen and oxygen atoms in total. The molecule has 0 fully saturated rings. The van der Waals surface area contributed by atoms with Gasteiger partial charge in [-0.3, -0.25) is 4.79 Å². The summed E-state index contributed by atoms with van der Waals surface area (Å²) in [7, 11) is -2.59. The lowest BCUT2D eigenvalue weighted by atomic mass is 10.1. The van der Waals surface area contributed by atoms with Crippen molar-refractivity contribution in [1.29, 1.82) is 0 Å². The summed E-state index contributed by atoms with van der Waals surface area (Å²) >= 11 is 0. The maximum atomic E-state index is 12.5. The van der Waals surface area contributed by atoms with E-state index in [1.807, 2.05) is 42.5 Å². The Bertz CT molecular complexity index is 933. The minimum absolute atomic E-state index is 0.0938. The first-order valence-electron chi connectivity index (χ1n) is 11.2. The van der Waals surface area contributed by atoms with Gasteiger partial charge in [0.05, 0.1) is 12.6 Å². The molecule has 0 aliphatic rings. The molecule has 168 valence electrons. The van der Waals surface area contributed by atoms with Gasteiger partial charge in [0.15, 0.2) is 0 Å². The number of hydrogen-bond donors (Lipinski definition) is 2. The van der Waals surface area contributed by atoms with E-state index >= 15 is 0 Å². The predicted octanol–water partition coefficient (Wildman–Crippen LogP) is 3.25. The van der Waals surface area contributed by atoms with E-state index in [1.54, 1.807) is 0 Å². The van der Waals surface area contributed by atoms with Crippen molar-refractivity contribution < 1.29 is 9.22 Å². The van der Waals surface area contributed by atoms with E-state index in [0.29, 0.717) is 19.6 Å². The van der Waals surface area contributed by atoms with Gasteiger partial charge in [-0.05, 0) is 27.4 Å². The topological polar surface area (TPSA) is 64.3 Å². The summed E-state index contributed by atoms with van der Waals surface area (Å²) in [4.78, 5) is 12.5. The lowest BCUT2D eigenvalue weighted by molar-refractivity contribution is -0.122. The Kier molecular flexibility index (Phi) is 8.02. The Hall–Kier alpha value is -2.73. The van der Waals surface area contributed by atoms with Gasteiger partial charge in [-0.1, -0.05) is 112 Å². The standard InChI is InChI=1S/C27H34N2O2Si/c1-27(2,3)32(23-15-9-5-10-16-23,24-17-11-6-12-18-24)31-20-19-29-26(30)25(28)21-22-13-7-4-8-14-22/h4-18,25H,19-21,28H2,1-3H3,(H,29,30)/t25-/m0/s1. The van der Waals surface area contributed by atoms with E-state index in [1.165, 1.54) is 10.4 Å². The molecule has 3 rings (SSSR count). The number of nitrogens with one attached hydrogen (secondary N) is 1. The number of hydrogen-bond acceptors (Lipinski definition) is 3. The molecule has 3 aromatic carbocycles. The van der Waals surface area contributed by atoms with Gasteiger partial charge in [0.25, 0.3) is 8.32 Å². The average molecular weight is 447 g/mol. The Morgan fingerprint density at radius 3 is 1.81 bits per heavy atom. The Labute approximate surface area is 192 Å². The molecular weight excluding hydrogens is 412 g/mol. The molecule has 32 heavy (non-hydrogen) atoms. The minimum atomic E-state index is -2.59. The number of nitrogens with two attached hydrogens (primary N) is 1. The van der Waals surface area contributed by atoms with Crippen molar-refractivity contribution in [1.82, 2.24) is 5.32 Å². The van der Waals surface area contributed by atoms with Crippen LogP contribution in [0.15, 0.2) is 91.0 Å². The van der Waals surface area contributed by atoms with Crippen LogP contribution in [0.3, 0.4) is 0 Å². The molecule has 0 unspecified atom stereocenters. The first kappa shape index (κ1) is 23.9. The fourth-order valence-electron chi connectivity index (χ4n) is 4.23. The second-order valence-electron chi connectivity index (χ2n) is 9.10. The average Bonchev–Trinajstić information content (AvgIpc) is 2.80. The monoisotopic (exact) mass is 446 g/mol. The predicted molar refractivity (Wildman–Crippen MR) is 135 cm³/mol. The highest BCUT2D eigenvalue weighted by Crippen LogP contribution is 2.36. The van der Waals surface area contributed by atoms with Gasteiger partial charge in [-0.15, -0.1) is 0 Å². The Morgan fingerprint density at radius 1 is 0.875 bits per heavy atom. The summed E-state index contributed by atoms with van der Waals surface area (Å²) in [6.07, 6.45) is 0.516. The van der Waals surface area contributed by atoms with Crippen molar-refractivity contribution >= 4 is 24.6 Å². The highest BCUT2D eigenvalue weighted by atomic mass is 28.4. The molecule has 0 bridgehead atoms. The molecule has 0 aliphatic carbocycles. The molecule has 0 saturated carbocycles. The molecular formula is C27H34N2O2Si. The molecule has 1 amide bonds. The summed E-state index contributed by atoms with van der Waals surface area (Å²) in [5, 5.41) is 5.32. The number of benzene rings is 3. The molecule has 3 aromatic rings. The summed E-state index contributed by atoms with van der Waals surface area (Å²) < 4.78 is 6.80. The van der Waals surface area contributed by atoms with Gasteiger partial charge < -0.3 is 15.5 Å². The highest BCUT2D eigenvalue weighted by Gasteiger charge is 2.49. The molecule has 0 aliphatic heterocycles. The van der Waals surface area contributed by atoms with Gasteiger partial charge in [0.2, 0.25) is 5.91 Å². The zero-order valence-corrected chi connectivity index (χ0v) is 20.3. The van der Waals surface area contributed by atoms with E-state index in [9.17, 15) is 4.79 Å². The molecule has 5 heteroatoms. The summed E-state index contributed by atoms with van der Waals surface area (Å²) in [5.41, 5.74) is 7.18. The van der Waals surface area contributed by atoms with E-state index in [0.717, 1.165) is 5.56 Å². The van der Waals surface area contributed by atoms with Crippen molar-refractivity contribution in [3.63, 3.8) is 0 Å². The van der Waals surface area contributed by atoms with Crippen LogP contribution in [0.1, 0.15) is 26.3 Å². The van der Waals surface area contributed by atoms with E-state index in [-0.39, 0.29) is 10.9 Å². The summed E-state index contributed by atoms with van der Waals surface area (Å²) in [6.45, 7) is 7.58. The number of carbonyl (C=O) groups is 1. The quantitative estimate of drug-likeness (QED) is 0.392. The lowest BCUT2D eigenvalue weighted by Gasteiger charge is -2.43. The SMILES string of the molecule is CC(C)(C)[Si](OCCNC(=O)[C@@H](N)Cc1ccccc1)(c1ccccc1)c1ccccc1. The molecule has 0 heterocycles. The third-order valence-electron chi connectivity index (χ3n) is 5.77. The first-order chi connectivity index (χ1) is 15.3. The summed E-state index contributed by atoms with van der Waals surface area (Å²) in [6, 6.07) is 30.3. The van der Waals surface area contributed by atoms with Crippen molar-refractivity contribution in [3.8, 4) is 0 Å². The molecule has 0 spiro atoms. The van der Waals surface area contributed by atoms with Crippen LogP contribution in [0.25, 0.3) is 0 Å². The third-order valence-corrected chi connectivity index (χ3v) is 10.8. The Balaban J connectivity index is 1.72. The zero-order valence-electron chi connectivity index (χ0n) is 19.3. The van der Waals surface area contributed by atoms with Crippen molar-refractivity contribution in [3.05, 3.63) is 96.6 Å². The first-order valence-corrected chi connectivity index (χ1v) is 13.1. The maximum absolute atomic E-state index is 12.5. The fraction of sp³-hybridized carbons (Fsp3) is 0.296. The molecule has 1 atom stereocenters. The van der Waals surface area contributed by atoms with Gasteiger partial charge >= 0.3 is 0 Å². The third kappa shape index (κ3) is 5.54. The highest BCUT2D eigenvalue weighted by molar-refractivity contribution is 6.99. The van der Waals surface area contributed by atoms with Crippen molar-refractivity contribution in [2.24, 2.45) is 5.73 Å². The minimum Gasteiger partial charge on any atom is -0.406 e. The molecule has 0 saturated heterocycles. The lowest BCUT2D eigenvalue weighted by Crippen LogP contribution is -2.67. The van der Waals surface area contributed by atoms with E-state index in [2.05, 4.69) is 74.6 Å². The molecule has 0 radical (unpaired) electrons. The smallest absolute Gasteiger partial charge is 0.261 e. The van der Waals surface area contributed by atoms with Gasteiger partial charge in [0, 0.05) is 6.54 Å². The normalized spacial score (nSPS) is 12.9. The van der Waals surface area contributed by atoms with Crippen LogP contribution in [0, 0.1) is 0 Å². The number of rotatable bonds is 9. The molecule has 0 aromatic heterocycles. The van der Waals surface area contributed by atoms with Gasteiger partial charge in [-0.25, -0.2) is 0 Å². The second-order valence-corrected chi connectivity index (χ2v) is 13.4. The van der Waals surface area contributed by atoms with Crippen LogP contribution < -0.4 is 21.4 Å². The van der Waals surface area contributed by atoms with Crippen molar-refractivity contribution in [2.75, 3.05) is 13.2 Å². The van der Waals surface area contributed by atoms with Gasteiger partial charge in [-0.2, -0.15) is 0 Å². The molecule has 3 N–H and O–H groups in total. The van der Waals surface area contributed by atoms with Crippen LogP contribution in [-0.4, -0.2) is 33.4 Å². The van der Waals surface area contributed by atoms with Crippen LogP contribution in [0.2, 0.25) is 5.04 Å². The van der Waals surface area contributed by atoms with Crippen LogP contribution in [0.4, 0.5) is 0 Å². The Morgan fingerprint density at radius 2 is 1.34 bits per heavy atom. The fourth-order valence-corrected chi connectivity index (χ4v) is 8.80. The largest absolute Gasteiger partial charge is 0.406 e. The number of carbonyl (C=O) groups excluding carboxylic acids is 1.